The number of nitrogens with one attached hydrogen (secondary N) is 2. The van der Waals surface area contributed by atoms with Gasteiger partial charge in [-0.1, -0.05) is 29.3 Å². The Morgan fingerprint density at radius 1 is 1.06 bits per heavy atom. The van der Waals surface area contributed by atoms with Gasteiger partial charge in [-0.3, -0.25) is 0 Å². The molecule has 0 spiro atoms. The quantitative estimate of drug-likeness (QED) is 0.717. The number of hydrogen-bond acceptors (Lipinski definition) is 2. The molecule has 0 aromatic heterocycles. The normalized spacial score (nSPS) is 15.0. The molecule has 4 heteroatoms. The lowest BCUT2D eigenvalue weighted by atomic mass is 10.1. The average molecular weight is 287 g/mol. The fraction of sp³-hybridized carbons (Fsp3) is 0.571. The third-order valence-corrected chi connectivity index (χ3v) is 3.85. The zero-order chi connectivity index (χ0) is 12.8. The van der Waals surface area contributed by atoms with Crippen molar-refractivity contribution in [2.75, 3.05) is 19.6 Å². The first-order valence-electron chi connectivity index (χ1n) is 6.64. The van der Waals surface area contributed by atoms with Crippen molar-refractivity contribution in [2.45, 2.75) is 31.7 Å². The summed E-state index contributed by atoms with van der Waals surface area (Å²) in [5, 5.41) is 8.22. The van der Waals surface area contributed by atoms with Gasteiger partial charge in [0.2, 0.25) is 0 Å². The van der Waals surface area contributed by atoms with Gasteiger partial charge < -0.3 is 10.6 Å². The van der Waals surface area contributed by atoms with Gasteiger partial charge in [-0.2, -0.15) is 0 Å². The topological polar surface area (TPSA) is 24.1 Å². The van der Waals surface area contributed by atoms with Crippen molar-refractivity contribution >= 4 is 23.2 Å². The summed E-state index contributed by atoms with van der Waals surface area (Å²) in [7, 11) is 0. The van der Waals surface area contributed by atoms with Crippen LogP contribution in [0.5, 0.6) is 0 Å². The Morgan fingerprint density at radius 2 is 1.89 bits per heavy atom. The van der Waals surface area contributed by atoms with Crippen LogP contribution < -0.4 is 10.6 Å². The molecule has 1 aliphatic carbocycles. The van der Waals surface area contributed by atoms with E-state index in [4.69, 9.17) is 23.2 Å². The predicted molar refractivity (Wildman–Crippen MR) is 78.7 cm³/mol. The lowest BCUT2D eigenvalue weighted by Crippen LogP contribution is -2.24. The van der Waals surface area contributed by atoms with Crippen LogP contribution in [-0.2, 0) is 6.42 Å². The summed E-state index contributed by atoms with van der Waals surface area (Å²) in [5.74, 6) is 0. The Morgan fingerprint density at radius 3 is 2.61 bits per heavy atom. The largest absolute Gasteiger partial charge is 0.316 e. The van der Waals surface area contributed by atoms with Gasteiger partial charge in [-0.15, -0.1) is 0 Å². The van der Waals surface area contributed by atoms with Crippen molar-refractivity contribution < 1.29 is 0 Å². The van der Waals surface area contributed by atoms with E-state index in [1.165, 1.54) is 24.8 Å². The van der Waals surface area contributed by atoms with Crippen molar-refractivity contribution in [3.63, 3.8) is 0 Å². The molecular formula is C14H20Cl2N2. The molecule has 0 radical (unpaired) electrons. The molecule has 0 saturated heterocycles. The Bertz CT molecular complexity index is 378. The molecular weight excluding hydrogens is 267 g/mol. The highest BCUT2D eigenvalue weighted by Crippen LogP contribution is 2.22. The molecule has 2 nitrogen and oxygen atoms in total. The molecule has 0 heterocycles. The molecule has 1 aliphatic rings. The van der Waals surface area contributed by atoms with Gasteiger partial charge in [-0.25, -0.2) is 0 Å². The van der Waals surface area contributed by atoms with Crippen molar-refractivity contribution in [3.05, 3.63) is 33.8 Å². The smallest absolute Gasteiger partial charge is 0.0595 e. The average Bonchev–Trinajstić information content (AvgIpc) is 3.16. The second-order valence-electron chi connectivity index (χ2n) is 4.83. The van der Waals surface area contributed by atoms with Crippen LogP contribution in [0, 0.1) is 0 Å². The third kappa shape index (κ3) is 5.15. The highest BCUT2D eigenvalue weighted by Gasteiger charge is 2.19. The number of halogens is 2. The first-order valence-corrected chi connectivity index (χ1v) is 7.39. The molecule has 0 bridgehead atoms. The molecule has 0 aliphatic heterocycles. The highest BCUT2D eigenvalue weighted by molar-refractivity contribution is 6.42. The van der Waals surface area contributed by atoms with Gasteiger partial charge in [0.25, 0.3) is 0 Å². The molecule has 1 fully saturated rings. The highest BCUT2D eigenvalue weighted by atomic mass is 35.5. The van der Waals surface area contributed by atoms with Gasteiger partial charge in [0.15, 0.2) is 0 Å². The van der Waals surface area contributed by atoms with Crippen LogP contribution in [-0.4, -0.2) is 25.7 Å². The van der Waals surface area contributed by atoms with Crippen LogP contribution in [0.2, 0.25) is 10.0 Å². The summed E-state index contributed by atoms with van der Waals surface area (Å²) >= 11 is 11.8. The van der Waals surface area contributed by atoms with Crippen molar-refractivity contribution in [2.24, 2.45) is 0 Å². The standard InChI is InChI=1S/C14H20Cl2N2/c15-13-5-2-11(10-14(13)16)6-9-17-7-1-8-18-12-3-4-12/h2,5,10,12,17-18H,1,3-4,6-9H2. The SMILES string of the molecule is Clc1ccc(CCNCCCNC2CC2)cc1Cl. The first kappa shape index (κ1) is 14.1. The lowest BCUT2D eigenvalue weighted by Gasteiger charge is -2.06. The van der Waals surface area contributed by atoms with Crippen LogP contribution in [0.3, 0.4) is 0 Å². The van der Waals surface area contributed by atoms with E-state index in [9.17, 15) is 0 Å². The maximum Gasteiger partial charge on any atom is 0.0595 e. The Labute approximate surface area is 119 Å². The van der Waals surface area contributed by atoms with Gasteiger partial charge in [-0.05, 0) is 63.0 Å². The Balaban J connectivity index is 1.52. The van der Waals surface area contributed by atoms with Crippen LogP contribution in [0.4, 0.5) is 0 Å². The van der Waals surface area contributed by atoms with Crippen LogP contribution in [0.1, 0.15) is 24.8 Å². The molecule has 1 aromatic rings. The molecule has 0 amide bonds. The van der Waals surface area contributed by atoms with Gasteiger partial charge in [0.05, 0.1) is 10.0 Å². The molecule has 0 unspecified atom stereocenters. The fourth-order valence-corrected chi connectivity index (χ4v) is 2.18. The molecule has 2 rings (SSSR count). The molecule has 1 saturated carbocycles. The van der Waals surface area contributed by atoms with Crippen LogP contribution in [0.25, 0.3) is 0 Å². The maximum absolute atomic E-state index is 5.97. The third-order valence-electron chi connectivity index (χ3n) is 3.12. The van der Waals surface area contributed by atoms with Crippen LogP contribution >= 0.6 is 23.2 Å². The van der Waals surface area contributed by atoms with Crippen molar-refractivity contribution in [1.29, 1.82) is 0 Å². The minimum absolute atomic E-state index is 0.625. The van der Waals surface area contributed by atoms with Crippen molar-refractivity contribution in [3.8, 4) is 0 Å². The summed E-state index contributed by atoms with van der Waals surface area (Å²) in [5.41, 5.74) is 1.23. The Hall–Kier alpha value is -0.280. The Kier molecular flexibility index (Phi) is 5.77. The monoisotopic (exact) mass is 286 g/mol. The summed E-state index contributed by atoms with van der Waals surface area (Å²) in [6.07, 6.45) is 4.92. The summed E-state index contributed by atoms with van der Waals surface area (Å²) < 4.78 is 0. The van der Waals surface area contributed by atoms with E-state index in [1.807, 2.05) is 18.2 Å². The van der Waals surface area contributed by atoms with E-state index in [1.54, 1.807) is 0 Å². The number of hydrogen-bond donors (Lipinski definition) is 2. The number of rotatable bonds is 8. The molecule has 1 aromatic carbocycles. The summed E-state index contributed by atoms with van der Waals surface area (Å²) in [6, 6.07) is 6.66. The van der Waals surface area contributed by atoms with Gasteiger partial charge >= 0.3 is 0 Å². The summed E-state index contributed by atoms with van der Waals surface area (Å²) in [4.78, 5) is 0. The minimum Gasteiger partial charge on any atom is -0.316 e. The fourth-order valence-electron chi connectivity index (χ4n) is 1.86. The molecule has 0 atom stereocenters. The van der Waals surface area contributed by atoms with E-state index < -0.39 is 0 Å². The molecule has 100 valence electrons. The molecule has 2 N–H and O–H groups in total. The van der Waals surface area contributed by atoms with E-state index in [2.05, 4.69) is 10.6 Å². The lowest BCUT2D eigenvalue weighted by molar-refractivity contribution is 0.594. The zero-order valence-electron chi connectivity index (χ0n) is 10.5. The van der Waals surface area contributed by atoms with Crippen LogP contribution in [0.15, 0.2) is 18.2 Å². The second-order valence-corrected chi connectivity index (χ2v) is 5.64. The maximum atomic E-state index is 5.97. The van der Waals surface area contributed by atoms with E-state index in [0.29, 0.717) is 10.0 Å². The van der Waals surface area contributed by atoms with E-state index >= 15 is 0 Å². The van der Waals surface area contributed by atoms with Gasteiger partial charge in [0.1, 0.15) is 0 Å². The summed E-state index contributed by atoms with van der Waals surface area (Å²) in [6.45, 7) is 3.19. The molecule has 18 heavy (non-hydrogen) atoms. The number of benzene rings is 1. The van der Waals surface area contributed by atoms with Gasteiger partial charge in [0, 0.05) is 6.04 Å². The van der Waals surface area contributed by atoms with Crippen molar-refractivity contribution in [1.82, 2.24) is 10.6 Å². The predicted octanol–water partition coefficient (Wildman–Crippen LogP) is 3.27. The first-order chi connectivity index (χ1) is 8.75. The zero-order valence-corrected chi connectivity index (χ0v) is 12.0. The van der Waals surface area contributed by atoms with E-state index in [-0.39, 0.29) is 0 Å². The minimum atomic E-state index is 0.625. The second kappa shape index (κ2) is 7.34. The van der Waals surface area contributed by atoms with E-state index in [0.717, 1.165) is 32.1 Å².